The smallest absolute Gasteiger partial charge is 0.00181 e. The lowest BCUT2D eigenvalue weighted by Gasteiger charge is -2.10. The van der Waals surface area contributed by atoms with Gasteiger partial charge in [-0.2, -0.15) is 11.3 Å². The largest absolute Gasteiger partial charge is 0.152 e. The Bertz CT molecular complexity index is 244. The molecule has 0 nitrogen and oxygen atoms in total. The first-order chi connectivity index (χ1) is 5.47. The number of hydrogen-bond donors (Lipinski definition) is 0. The fourth-order valence-electron chi connectivity index (χ4n) is 1.55. The molecule has 0 aliphatic heterocycles. The topological polar surface area (TPSA) is 0 Å². The predicted octanol–water partition coefficient (Wildman–Crippen LogP) is 3.71. The summed E-state index contributed by atoms with van der Waals surface area (Å²) in [6.07, 6.45) is 7.72. The highest BCUT2D eigenvalue weighted by atomic mass is 32.1. The summed E-state index contributed by atoms with van der Waals surface area (Å²) in [7, 11) is 0. The lowest BCUT2D eigenvalue weighted by atomic mass is 9.96. The molecule has 0 saturated heterocycles. The van der Waals surface area contributed by atoms with E-state index < -0.39 is 0 Å². The summed E-state index contributed by atoms with van der Waals surface area (Å²) in [6.45, 7) is 0. The van der Waals surface area contributed by atoms with Crippen molar-refractivity contribution in [2.45, 2.75) is 25.7 Å². The van der Waals surface area contributed by atoms with E-state index >= 15 is 0 Å². The molecule has 0 N–H and O–H groups in total. The van der Waals surface area contributed by atoms with Crippen molar-refractivity contribution in [3.05, 3.63) is 28.5 Å². The SMILES string of the molecule is C1=C(c2ccsc2)CCCC1. The molecule has 58 valence electrons. The molecule has 0 spiro atoms. The summed E-state index contributed by atoms with van der Waals surface area (Å²) in [4.78, 5) is 0. The van der Waals surface area contributed by atoms with E-state index in [-0.39, 0.29) is 0 Å². The normalized spacial score (nSPS) is 18.0. The van der Waals surface area contributed by atoms with E-state index in [1.54, 1.807) is 16.9 Å². The number of rotatable bonds is 1. The van der Waals surface area contributed by atoms with Crippen molar-refractivity contribution >= 4 is 16.9 Å². The number of hydrogen-bond acceptors (Lipinski definition) is 1. The van der Waals surface area contributed by atoms with Gasteiger partial charge in [0.15, 0.2) is 0 Å². The van der Waals surface area contributed by atoms with E-state index in [1.807, 2.05) is 0 Å². The lowest BCUT2D eigenvalue weighted by molar-refractivity contribution is 0.742. The second-order valence-corrected chi connectivity index (χ2v) is 3.77. The van der Waals surface area contributed by atoms with Gasteiger partial charge in [0.25, 0.3) is 0 Å². The zero-order valence-corrected chi connectivity index (χ0v) is 7.36. The second kappa shape index (κ2) is 3.22. The average molecular weight is 164 g/mol. The van der Waals surface area contributed by atoms with Crippen LogP contribution in [0.5, 0.6) is 0 Å². The number of thiophene rings is 1. The molecular weight excluding hydrogens is 152 g/mol. The van der Waals surface area contributed by atoms with E-state index in [9.17, 15) is 0 Å². The van der Waals surface area contributed by atoms with Gasteiger partial charge in [0.1, 0.15) is 0 Å². The van der Waals surface area contributed by atoms with Gasteiger partial charge in [-0.25, -0.2) is 0 Å². The molecule has 2 rings (SSSR count). The van der Waals surface area contributed by atoms with Crippen molar-refractivity contribution in [3.63, 3.8) is 0 Å². The number of allylic oxidation sites excluding steroid dienone is 2. The summed E-state index contributed by atoms with van der Waals surface area (Å²) in [5.41, 5.74) is 3.02. The van der Waals surface area contributed by atoms with E-state index in [4.69, 9.17) is 0 Å². The van der Waals surface area contributed by atoms with Crippen LogP contribution in [0.15, 0.2) is 22.9 Å². The van der Waals surface area contributed by atoms with Crippen LogP contribution in [-0.4, -0.2) is 0 Å². The minimum Gasteiger partial charge on any atom is -0.152 e. The molecule has 1 heteroatoms. The third-order valence-electron chi connectivity index (χ3n) is 2.18. The van der Waals surface area contributed by atoms with Gasteiger partial charge in [0.2, 0.25) is 0 Å². The van der Waals surface area contributed by atoms with Crippen LogP contribution >= 0.6 is 11.3 Å². The van der Waals surface area contributed by atoms with Gasteiger partial charge in [0, 0.05) is 0 Å². The highest BCUT2D eigenvalue weighted by molar-refractivity contribution is 7.08. The monoisotopic (exact) mass is 164 g/mol. The molecule has 0 unspecified atom stereocenters. The van der Waals surface area contributed by atoms with Gasteiger partial charge >= 0.3 is 0 Å². The maximum absolute atomic E-state index is 2.39. The minimum atomic E-state index is 1.28. The Labute approximate surface area is 71.6 Å². The Hall–Kier alpha value is -0.560. The van der Waals surface area contributed by atoms with Crippen molar-refractivity contribution in [3.8, 4) is 0 Å². The molecular formula is C10H12S. The highest BCUT2D eigenvalue weighted by Gasteiger charge is 2.05. The zero-order chi connectivity index (χ0) is 7.52. The summed E-state index contributed by atoms with van der Waals surface area (Å²) < 4.78 is 0. The first-order valence-corrected chi connectivity index (χ1v) is 5.13. The van der Waals surface area contributed by atoms with Crippen molar-refractivity contribution in [1.82, 2.24) is 0 Å². The molecule has 0 amide bonds. The minimum absolute atomic E-state index is 1.28. The van der Waals surface area contributed by atoms with Crippen LogP contribution in [0.4, 0.5) is 0 Å². The fraction of sp³-hybridized carbons (Fsp3) is 0.400. The van der Waals surface area contributed by atoms with Crippen LogP contribution in [-0.2, 0) is 0 Å². The Morgan fingerprint density at radius 2 is 2.27 bits per heavy atom. The third-order valence-corrected chi connectivity index (χ3v) is 2.87. The molecule has 0 atom stereocenters. The Morgan fingerprint density at radius 3 is 2.91 bits per heavy atom. The molecule has 0 radical (unpaired) electrons. The maximum atomic E-state index is 2.39. The van der Waals surface area contributed by atoms with Crippen LogP contribution in [0, 0.1) is 0 Å². The van der Waals surface area contributed by atoms with E-state index in [2.05, 4.69) is 22.9 Å². The Balaban J connectivity index is 2.22. The molecule has 0 fully saturated rings. The molecule has 0 bridgehead atoms. The zero-order valence-electron chi connectivity index (χ0n) is 6.55. The molecule has 0 aromatic carbocycles. The van der Waals surface area contributed by atoms with Crippen LogP contribution in [0.2, 0.25) is 0 Å². The fourth-order valence-corrected chi connectivity index (χ4v) is 2.23. The lowest BCUT2D eigenvalue weighted by Crippen LogP contribution is -1.89. The summed E-state index contributed by atoms with van der Waals surface area (Å²) in [5.74, 6) is 0. The van der Waals surface area contributed by atoms with Gasteiger partial charge in [-0.15, -0.1) is 0 Å². The summed E-state index contributed by atoms with van der Waals surface area (Å²) in [5, 5.41) is 4.40. The predicted molar refractivity (Wildman–Crippen MR) is 50.8 cm³/mol. The molecule has 0 saturated carbocycles. The first-order valence-electron chi connectivity index (χ1n) is 4.18. The van der Waals surface area contributed by atoms with Gasteiger partial charge in [-0.3, -0.25) is 0 Å². The van der Waals surface area contributed by atoms with Gasteiger partial charge < -0.3 is 0 Å². The highest BCUT2D eigenvalue weighted by Crippen LogP contribution is 2.27. The second-order valence-electron chi connectivity index (χ2n) is 2.99. The first kappa shape index (κ1) is 7.11. The molecule has 1 aliphatic carbocycles. The van der Waals surface area contributed by atoms with Gasteiger partial charge in [-0.05, 0) is 53.6 Å². The standard InChI is InChI=1S/C10H12S/c1-2-4-9(5-3-1)10-6-7-11-8-10/h4,6-8H,1-3,5H2. The Morgan fingerprint density at radius 1 is 1.27 bits per heavy atom. The maximum Gasteiger partial charge on any atom is -0.00181 e. The molecule has 1 aromatic rings. The van der Waals surface area contributed by atoms with E-state index in [1.165, 1.54) is 31.2 Å². The molecule has 1 aliphatic rings. The van der Waals surface area contributed by atoms with Crippen LogP contribution < -0.4 is 0 Å². The molecule has 11 heavy (non-hydrogen) atoms. The molecule has 1 heterocycles. The summed E-state index contributed by atoms with van der Waals surface area (Å²) >= 11 is 1.79. The van der Waals surface area contributed by atoms with Crippen LogP contribution in [0.25, 0.3) is 5.57 Å². The quantitative estimate of drug-likeness (QED) is 0.593. The summed E-state index contributed by atoms with van der Waals surface area (Å²) in [6, 6.07) is 2.22. The van der Waals surface area contributed by atoms with Crippen molar-refractivity contribution in [2.75, 3.05) is 0 Å². The van der Waals surface area contributed by atoms with Crippen molar-refractivity contribution in [1.29, 1.82) is 0 Å². The third kappa shape index (κ3) is 1.54. The average Bonchev–Trinajstić information content (AvgIpc) is 2.58. The van der Waals surface area contributed by atoms with Crippen LogP contribution in [0.1, 0.15) is 31.2 Å². The van der Waals surface area contributed by atoms with Gasteiger partial charge in [-0.1, -0.05) is 6.08 Å². The Kier molecular flexibility index (Phi) is 2.08. The van der Waals surface area contributed by atoms with Crippen molar-refractivity contribution in [2.24, 2.45) is 0 Å². The van der Waals surface area contributed by atoms with E-state index in [0.29, 0.717) is 0 Å². The molecule has 1 aromatic heterocycles. The van der Waals surface area contributed by atoms with E-state index in [0.717, 1.165) is 0 Å². The van der Waals surface area contributed by atoms with Crippen molar-refractivity contribution < 1.29 is 0 Å². The van der Waals surface area contributed by atoms with Gasteiger partial charge in [0.05, 0.1) is 0 Å². The van der Waals surface area contributed by atoms with Crippen LogP contribution in [0.3, 0.4) is 0 Å².